The van der Waals surface area contributed by atoms with E-state index < -0.39 is 0 Å². The Morgan fingerprint density at radius 1 is 1.00 bits per heavy atom. The van der Waals surface area contributed by atoms with Crippen molar-refractivity contribution in [2.75, 3.05) is 31.1 Å². The average molecular weight is 393 g/mol. The first kappa shape index (κ1) is 18.1. The summed E-state index contributed by atoms with van der Waals surface area (Å²) in [6, 6.07) is 8.86. The smallest absolute Gasteiger partial charge is 0.255 e. The van der Waals surface area contributed by atoms with Gasteiger partial charge in [-0.2, -0.15) is 5.10 Å². The van der Waals surface area contributed by atoms with Gasteiger partial charge < -0.3 is 9.80 Å². The van der Waals surface area contributed by atoms with Gasteiger partial charge in [-0.25, -0.2) is 14.1 Å². The van der Waals surface area contributed by atoms with Crippen LogP contribution in [0.2, 0.25) is 0 Å². The Kier molecular flexibility index (Phi) is 4.66. The van der Waals surface area contributed by atoms with Crippen LogP contribution in [0.1, 0.15) is 42.1 Å². The number of fused-ring (bicyclic) bond motifs is 1. The number of hydrogen-bond acceptors (Lipinski definition) is 4. The summed E-state index contributed by atoms with van der Waals surface area (Å²) < 4.78 is 15.2. The molecule has 0 N–H and O–H groups in total. The second-order valence-electron chi connectivity index (χ2n) is 7.92. The molecule has 0 unspecified atom stereocenters. The van der Waals surface area contributed by atoms with Gasteiger partial charge in [0, 0.05) is 43.4 Å². The summed E-state index contributed by atoms with van der Waals surface area (Å²) in [5.74, 6) is -0.228. The highest BCUT2D eigenvalue weighted by Gasteiger charge is 2.24. The number of piperazine rings is 1. The summed E-state index contributed by atoms with van der Waals surface area (Å²) in [7, 11) is 0. The Hall–Kier alpha value is -2.96. The van der Waals surface area contributed by atoms with Gasteiger partial charge in [-0.3, -0.25) is 4.79 Å². The lowest BCUT2D eigenvalue weighted by Crippen LogP contribution is -2.48. The number of nitrogens with zero attached hydrogens (tertiary/aromatic N) is 5. The molecule has 29 heavy (non-hydrogen) atoms. The maximum atomic E-state index is 13.1. The summed E-state index contributed by atoms with van der Waals surface area (Å²) in [5.41, 5.74) is 2.47. The number of aromatic nitrogens is 3. The van der Waals surface area contributed by atoms with Crippen molar-refractivity contribution in [3.63, 3.8) is 0 Å². The first-order chi connectivity index (χ1) is 14.2. The van der Waals surface area contributed by atoms with Crippen LogP contribution >= 0.6 is 0 Å². The van der Waals surface area contributed by atoms with Crippen molar-refractivity contribution >= 4 is 22.6 Å². The topological polar surface area (TPSA) is 54.3 Å². The third kappa shape index (κ3) is 3.45. The van der Waals surface area contributed by atoms with Crippen LogP contribution < -0.4 is 4.90 Å². The number of hydrogen-bond donors (Lipinski definition) is 0. The van der Waals surface area contributed by atoms with Crippen LogP contribution in [0.5, 0.6) is 0 Å². The lowest BCUT2D eigenvalue weighted by Gasteiger charge is -2.36. The maximum absolute atomic E-state index is 13.1. The van der Waals surface area contributed by atoms with Crippen LogP contribution in [-0.2, 0) is 0 Å². The average Bonchev–Trinajstić information content (AvgIpc) is 3.43. The highest BCUT2D eigenvalue weighted by molar-refractivity contribution is 5.97. The molecule has 1 aromatic carbocycles. The zero-order valence-electron chi connectivity index (χ0n) is 16.3. The highest BCUT2D eigenvalue weighted by Crippen LogP contribution is 2.31. The Morgan fingerprint density at radius 3 is 2.45 bits per heavy atom. The monoisotopic (exact) mass is 393 g/mol. The first-order valence-corrected chi connectivity index (χ1v) is 10.3. The molecule has 1 saturated heterocycles. The van der Waals surface area contributed by atoms with E-state index >= 15 is 0 Å². The van der Waals surface area contributed by atoms with Crippen LogP contribution in [0, 0.1) is 5.82 Å². The molecule has 150 valence electrons. The molecule has 2 aromatic heterocycles. The predicted octanol–water partition coefficient (Wildman–Crippen LogP) is 3.65. The van der Waals surface area contributed by atoms with Crippen molar-refractivity contribution in [1.29, 1.82) is 0 Å². The van der Waals surface area contributed by atoms with Gasteiger partial charge in [-0.05, 0) is 43.2 Å². The van der Waals surface area contributed by atoms with Crippen LogP contribution in [0.4, 0.5) is 10.1 Å². The molecule has 5 rings (SSSR count). The van der Waals surface area contributed by atoms with E-state index in [1.54, 1.807) is 18.3 Å². The first-order valence-electron chi connectivity index (χ1n) is 10.3. The van der Waals surface area contributed by atoms with E-state index in [2.05, 4.69) is 15.0 Å². The zero-order chi connectivity index (χ0) is 19.8. The minimum atomic E-state index is -0.235. The second kappa shape index (κ2) is 7.46. The van der Waals surface area contributed by atoms with Gasteiger partial charge in [0.05, 0.1) is 17.8 Å². The summed E-state index contributed by atoms with van der Waals surface area (Å²) in [4.78, 5) is 21.6. The van der Waals surface area contributed by atoms with E-state index in [1.807, 2.05) is 21.8 Å². The van der Waals surface area contributed by atoms with E-state index in [0.29, 0.717) is 24.7 Å². The van der Waals surface area contributed by atoms with Crippen molar-refractivity contribution in [3.05, 3.63) is 54.1 Å². The molecule has 2 aliphatic rings. The summed E-state index contributed by atoms with van der Waals surface area (Å²) in [5, 5.41) is 5.46. The number of pyridine rings is 1. The van der Waals surface area contributed by atoms with Gasteiger partial charge in [0.2, 0.25) is 0 Å². The van der Waals surface area contributed by atoms with Gasteiger partial charge in [-0.1, -0.05) is 12.8 Å². The number of rotatable bonds is 3. The quantitative estimate of drug-likeness (QED) is 0.682. The lowest BCUT2D eigenvalue weighted by molar-refractivity contribution is 0.0746. The van der Waals surface area contributed by atoms with Crippen molar-refractivity contribution in [2.24, 2.45) is 0 Å². The number of carbonyl (C=O) groups excluding carboxylic acids is 1. The van der Waals surface area contributed by atoms with Crippen LogP contribution in [0.3, 0.4) is 0 Å². The zero-order valence-corrected chi connectivity index (χ0v) is 16.3. The summed E-state index contributed by atoms with van der Waals surface area (Å²) in [6.07, 6.45) is 8.29. The number of benzene rings is 1. The highest BCUT2D eigenvalue weighted by atomic mass is 19.1. The van der Waals surface area contributed by atoms with Gasteiger partial charge in [0.1, 0.15) is 5.82 Å². The van der Waals surface area contributed by atoms with Gasteiger partial charge in [0.15, 0.2) is 5.65 Å². The Balaban J connectivity index is 1.28. The normalized spacial score (nSPS) is 18.0. The van der Waals surface area contributed by atoms with Crippen molar-refractivity contribution in [1.82, 2.24) is 19.7 Å². The van der Waals surface area contributed by atoms with E-state index in [9.17, 15) is 9.18 Å². The molecule has 0 spiro atoms. The van der Waals surface area contributed by atoms with Crippen LogP contribution in [0.15, 0.2) is 42.7 Å². The molecule has 0 bridgehead atoms. The predicted molar refractivity (Wildman–Crippen MR) is 110 cm³/mol. The Morgan fingerprint density at radius 2 is 1.72 bits per heavy atom. The Bertz CT molecular complexity index is 1020. The molecular weight excluding hydrogens is 369 g/mol. The Labute approximate surface area is 168 Å². The van der Waals surface area contributed by atoms with Crippen molar-refractivity contribution in [2.45, 2.75) is 31.7 Å². The molecule has 2 fully saturated rings. The van der Waals surface area contributed by atoms with Crippen LogP contribution in [-0.4, -0.2) is 51.8 Å². The van der Waals surface area contributed by atoms with Gasteiger partial charge in [0.25, 0.3) is 5.91 Å². The van der Waals surface area contributed by atoms with Gasteiger partial charge >= 0.3 is 0 Å². The fraction of sp³-hybridized carbons (Fsp3) is 0.409. The molecule has 0 atom stereocenters. The molecule has 1 saturated carbocycles. The molecule has 6 nitrogen and oxygen atoms in total. The number of amides is 1. The molecule has 3 heterocycles. The van der Waals surface area contributed by atoms with Gasteiger partial charge in [-0.15, -0.1) is 0 Å². The third-order valence-corrected chi connectivity index (χ3v) is 6.11. The molecule has 0 radical (unpaired) electrons. The van der Waals surface area contributed by atoms with E-state index in [1.165, 1.54) is 25.0 Å². The maximum Gasteiger partial charge on any atom is 0.255 e. The third-order valence-electron chi connectivity index (χ3n) is 6.11. The molecular formula is C22H24FN5O. The molecule has 3 aromatic rings. The van der Waals surface area contributed by atoms with Crippen LogP contribution in [0.25, 0.3) is 11.0 Å². The minimum absolute atomic E-state index is 0.00627. The minimum Gasteiger partial charge on any atom is -0.368 e. The molecule has 1 aliphatic heterocycles. The number of anilines is 1. The standard InChI is InChI=1S/C22H24FN5O/c23-18-5-7-19(8-6-18)26-9-11-27(12-10-26)22(29)17-13-16-15-25-28(21(16)24-14-17)20-3-1-2-4-20/h5-8,13-15,20H,1-4,9-12H2. The summed E-state index contributed by atoms with van der Waals surface area (Å²) in [6.45, 7) is 2.73. The largest absolute Gasteiger partial charge is 0.368 e. The summed E-state index contributed by atoms with van der Waals surface area (Å²) >= 11 is 0. The van der Waals surface area contributed by atoms with Crippen molar-refractivity contribution in [3.8, 4) is 0 Å². The molecule has 1 aliphatic carbocycles. The van der Waals surface area contributed by atoms with E-state index in [4.69, 9.17) is 0 Å². The van der Waals surface area contributed by atoms with Crippen molar-refractivity contribution < 1.29 is 9.18 Å². The molecule has 7 heteroatoms. The SMILES string of the molecule is O=C(c1cnc2c(cnn2C2CCCC2)c1)N1CCN(c2ccc(F)cc2)CC1. The second-order valence-corrected chi connectivity index (χ2v) is 7.92. The van der Waals surface area contributed by atoms with E-state index in [0.717, 1.165) is 42.7 Å². The fourth-order valence-electron chi connectivity index (χ4n) is 4.48. The number of halogens is 1. The lowest BCUT2D eigenvalue weighted by atomic mass is 10.2. The number of carbonyl (C=O) groups is 1. The fourth-order valence-corrected chi connectivity index (χ4v) is 4.48. The van der Waals surface area contributed by atoms with E-state index in [-0.39, 0.29) is 11.7 Å². The molecule has 1 amide bonds.